The van der Waals surface area contributed by atoms with Crippen molar-refractivity contribution in [3.63, 3.8) is 0 Å². The van der Waals surface area contributed by atoms with Crippen molar-refractivity contribution >= 4 is 28.9 Å². The van der Waals surface area contributed by atoms with Crippen LogP contribution in [0.2, 0.25) is 0 Å². The fourth-order valence-corrected chi connectivity index (χ4v) is 3.50. The molecule has 24 heavy (non-hydrogen) atoms. The van der Waals surface area contributed by atoms with Gasteiger partial charge < -0.3 is 4.74 Å². The zero-order chi connectivity index (χ0) is 17.1. The predicted octanol–water partition coefficient (Wildman–Crippen LogP) is 3.16. The van der Waals surface area contributed by atoms with Gasteiger partial charge in [-0.25, -0.2) is 9.80 Å². The summed E-state index contributed by atoms with van der Waals surface area (Å²) in [7, 11) is 0. The summed E-state index contributed by atoms with van der Waals surface area (Å²) in [4.78, 5) is 26.2. The first-order valence-corrected chi connectivity index (χ1v) is 8.53. The van der Waals surface area contributed by atoms with Crippen LogP contribution in [0.25, 0.3) is 0 Å². The minimum absolute atomic E-state index is 0.293. The average molecular weight is 342 g/mol. The molecule has 0 aliphatic carbocycles. The molecule has 3 rings (SSSR count). The highest BCUT2D eigenvalue weighted by Gasteiger charge is 2.23. The number of hydrazone groups is 1. The van der Waals surface area contributed by atoms with Crippen LogP contribution in [0.1, 0.15) is 32.1 Å². The molecule has 0 spiro atoms. The molecule has 124 valence electrons. The number of aryl methyl sites for hydroxylation is 2. The normalized spacial score (nSPS) is 13.8. The second kappa shape index (κ2) is 6.97. The number of hydrogen-bond donors (Lipinski definition) is 0. The lowest BCUT2D eigenvalue weighted by Gasteiger charge is -2.11. The molecule has 2 heterocycles. The van der Waals surface area contributed by atoms with Crippen LogP contribution in [-0.4, -0.2) is 35.7 Å². The molecule has 2 aromatic rings. The van der Waals surface area contributed by atoms with Crippen LogP contribution >= 0.6 is 11.3 Å². The molecule has 0 saturated heterocycles. The van der Waals surface area contributed by atoms with Gasteiger partial charge in [0, 0.05) is 16.2 Å². The van der Waals surface area contributed by atoms with Gasteiger partial charge >= 0.3 is 5.97 Å². The zero-order valence-corrected chi connectivity index (χ0v) is 14.4. The Labute approximate surface area is 144 Å². The van der Waals surface area contributed by atoms with E-state index in [1.807, 2.05) is 44.2 Å². The molecule has 0 N–H and O–H groups in total. The Morgan fingerprint density at radius 3 is 2.67 bits per heavy atom. The van der Waals surface area contributed by atoms with E-state index in [-0.39, 0.29) is 12.5 Å². The summed E-state index contributed by atoms with van der Waals surface area (Å²) in [6, 6.07) is 11.5. The first-order valence-electron chi connectivity index (χ1n) is 7.72. The topological polar surface area (TPSA) is 59.0 Å². The van der Waals surface area contributed by atoms with Crippen molar-refractivity contribution in [1.82, 2.24) is 5.01 Å². The molecule has 0 radical (unpaired) electrons. The molecule has 1 aliphatic rings. The van der Waals surface area contributed by atoms with Gasteiger partial charge in [0.2, 0.25) is 0 Å². The Morgan fingerprint density at radius 2 is 2.00 bits per heavy atom. The highest BCUT2D eigenvalue weighted by atomic mass is 32.1. The van der Waals surface area contributed by atoms with Gasteiger partial charge in [-0.2, -0.15) is 5.10 Å². The Balaban J connectivity index is 1.59. The third-order valence-electron chi connectivity index (χ3n) is 3.78. The monoisotopic (exact) mass is 342 g/mol. The highest BCUT2D eigenvalue weighted by molar-refractivity contribution is 7.12. The van der Waals surface area contributed by atoms with E-state index in [0.29, 0.717) is 18.5 Å². The molecule has 0 bridgehead atoms. The molecule has 0 unspecified atom stereocenters. The number of benzene rings is 1. The van der Waals surface area contributed by atoms with E-state index in [9.17, 15) is 9.59 Å². The molecular formula is C18H18N2O3S. The molecule has 1 aliphatic heterocycles. The van der Waals surface area contributed by atoms with Gasteiger partial charge in [-0.1, -0.05) is 30.3 Å². The van der Waals surface area contributed by atoms with E-state index in [4.69, 9.17) is 4.74 Å². The van der Waals surface area contributed by atoms with Crippen LogP contribution in [0.4, 0.5) is 0 Å². The third kappa shape index (κ3) is 3.54. The second-order valence-corrected chi connectivity index (χ2v) is 7.04. The molecule has 0 atom stereocenters. The highest BCUT2D eigenvalue weighted by Crippen LogP contribution is 2.21. The van der Waals surface area contributed by atoms with Crippen LogP contribution in [0.15, 0.2) is 41.5 Å². The van der Waals surface area contributed by atoms with E-state index >= 15 is 0 Å². The summed E-state index contributed by atoms with van der Waals surface area (Å²) in [6.45, 7) is 4.02. The Hall–Kier alpha value is -2.47. The maximum Gasteiger partial charge on any atom is 0.339 e. The predicted molar refractivity (Wildman–Crippen MR) is 93.4 cm³/mol. The smallest absolute Gasteiger partial charge is 0.339 e. The molecule has 1 aromatic heterocycles. The van der Waals surface area contributed by atoms with Crippen molar-refractivity contribution in [3.05, 3.63) is 57.3 Å². The Kier molecular flexibility index (Phi) is 4.76. The number of hydrogen-bond acceptors (Lipinski definition) is 5. The van der Waals surface area contributed by atoms with E-state index in [1.54, 1.807) is 6.07 Å². The van der Waals surface area contributed by atoms with E-state index < -0.39 is 5.97 Å². The summed E-state index contributed by atoms with van der Waals surface area (Å²) >= 11 is 1.54. The summed E-state index contributed by atoms with van der Waals surface area (Å²) in [5, 5.41) is 5.72. The van der Waals surface area contributed by atoms with Crippen molar-refractivity contribution in [1.29, 1.82) is 0 Å². The van der Waals surface area contributed by atoms with Crippen LogP contribution in [0.5, 0.6) is 0 Å². The number of thiophene rings is 1. The number of ether oxygens (including phenoxy) is 1. The van der Waals surface area contributed by atoms with Crippen molar-refractivity contribution in [3.8, 4) is 0 Å². The number of rotatable bonds is 4. The first kappa shape index (κ1) is 16.4. The van der Waals surface area contributed by atoms with E-state index in [1.165, 1.54) is 16.3 Å². The lowest BCUT2D eigenvalue weighted by atomic mass is 10.1. The minimum atomic E-state index is -0.461. The maximum atomic E-state index is 12.2. The van der Waals surface area contributed by atoms with Gasteiger partial charge in [-0.3, -0.25) is 4.79 Å². The van der Waals surface area contributed by atoms with Crippen molar-refractivity contribution in [2.45, 2.75) is 20.3 Å². The summed E-state index contributed by atoms with van der Waals surface area (Å²) in [5.74, 6) is -0.768. The van der Waals surface area contributed by atoms with Gasteiger partial charge in [0.05, 0.1) is 17.8 Å². The van der Waals surface area contributed by atoms with Crippen LogP contribution < -0.4 is 0 Å². The number of carbonyl (C=O) groups excluding carboxylic acids is 2. The van der Waals surface area contributed by atoms with Crippen molar-refractivity contribution < 1.29 is 14.3 Å². The average Bonchev–Trinajstić information content (AvgIpc) is 3.20. The SMILES string of the molecule is Cc1cc(C(=O)OCC(=O)N2CCC(c3ccccc3)=N2)c(C)s1. The number of esters is 1. The molecular weight excluding hydrogens is 324 g/mol. The van der Waals surface area contributed by atoms with Gasteiger partial charge in [0.25, 0.3) is 5.91 Å². The van der Waals surface area contributed by atoms with Gasteiger partial charge in [0.15, 0.2) is 6.61 Å². The molecule has 1 aromatic carbocycles. The summed E-state index contributed by atoms with van der Waals surface area (Å²) in [5.41, 5.74) is 2.41. The molecule has 5 nitrogen and oxygen atoms in total. The van der Waals surface area contributed by atoms with Crippen LogP contribution in [-0.2, 0) is 9.53 Å². The fraction of sp³-hybridized carbons (Fsp3) is 0.278. The Bertz CT molecular complexity index is 796. The first-order chi connectivity index (χ1) is 11.5. The molecule has 0 fully saturated rings. The lowest BCUT2D eigenvalue weighted by molar-refractivity contribution is -0.134. The maximum absolute atomic E-state index is 12.2. The summed E-state index contributed by atoms with van der Waals surface area (Å²) in [6.07, 6.45) is 0.701. The van der Waals surface area contributed by atoms with Crippen LogP contribution in [0.3, 0.4) is 0 Å². The quantitative estimate of drug-likeness (QED) is 0.802. The number of nitrogens with zero attached hydrogens (tertiary/aromatic N) is 2. The van der Waals surface area contributed by atoms with Crippen molar-refractivity contribution in [2.75, 3.05) is 13.2 Å². The van der Waals surface area contributed by atoms with Gasteiger partial charge in [-0.05, 0) is 25.5 Å². The molecule has 6 heteroatoms. The standard InChI is InChI=1S/C18H18N2O3S/c1-12-10-15(13(2)24-12)18(22)23-11-17(21)20-9-8-16(19-20)14-6-4-3-5-7-14/h3-7,10H,8-9,11H2,1-2H3. The lowest BCUT2D eigenvalue weighted by Crippen LogP contribution is -2.28. The second-order valence-electron chi connectivity index (χ2n) is 5.58. The van der Waals surface area contributed by atoms with E-state index in [2.05, 4.69) is 5.10 Å². The van der Waals surface area contributed by atoms with Crippen molar-refractivity contribution in [2.24, 2.45) is 5.10 Å². The van der Waals surface area contributed by atoms with Gasteiger partial charge in [-0.15, -0.1) is 11.3 Å². The van der Waals surface area contributed by atoms with Gasteiger partial charge in [0.1, 0.15) is 0 Å². The third-order valence-corrected chi connectivity index (χ3v) is 4.75. The fourth-order valence-electron chi connectivity index (χ4n) is 2.58. The Morgan fingerprint density at radius 1 is 1.25 bits per heavy atom. The largest absolute Gasteiger partial charge is 0.452 e. The minimum Gasteiger partial charge on any atom is -0.452 e. The number of carbonyl (C=O) groups is 2. The number of amides is 1. The molecule has 1 amide bonds. The molecule has 0 saturated carbocycles. The van der Waals surface area contributed by atoms with Crippen LogP contribution in [0, 0.1) is 13.8 Å². The van der Waals surface area contributed by atoms with E-state index in [0.717, 1.165) is 21.0 Å². The summed E-state index contributed by atoms with van der Waals surface area (Å²) < 4.78 is 5.14. The zero-order valence-electron chi connectivity index (χ0n) is 13.6.